The van der Waals surface area contributed by atoms with Crippen LogP contribution in [0.2, 0.25) is 0 Å². The van der Waals surface area contributed by atoms with Gasteiger partial charge >= 0.3 is 0 Å². The summed E-state index contributed by atoms with van der Waals surface area (Å²) in [7, 11) is 3.06. The zero-order valence-corrected chi connectivity index (χ0v) is 22.7. The topological polar surface area (TPSA) is 110 Å². The zero-order valence-electron chi connectivity index (χ0n) is 21.9. The summed E-state index contributed by atoms with van der Waals surface area (Å²) in [5.74, 6) is 0.775. The molecule has 1 aliphatic rings. The highest BCUT2D eigenvalue weighted by atomic mass is 32.1. The van der Waals surface area contributed by atoms with Gasteiger partial charge in [-0.3, -0.25) is 9.59 Å². The molecule has 1 heterocycles. The number of carbonyl (C=O) groups excluding carboxylic acids is 2. The minimum absolute atomic E-state index is 0.177. The van der Waals surface area contributed by atoms with Crippen LogP contribution in [-0.2, 0) is 16.1 Å². The largest absolute Gasteiger partial charge is 0.495 e. The second kappa shape index (κ2) is 12.8. The summed E-state index contributed by atoms with van der Waals surface area (Å²) in [5.41, 5.74) is 3.33. The van der Waals surface area contributed by atoms with Gasteiger partial charge in [0.25, 0.3) is 11.8 Å². The number of allylic oxidation sites excluding steroid dienone is 1. The molecule has 202 valence electrons. The molecule has 0 saturated carbocycles. The Morgan fingerprint density at radius 2 is 1.64 bits per heavy atom. The van der Waals surface area contributed by atoms with Gasteiger partial charge in [0.1, 0.15) is 5.75 Å². The van der Waals surface area contributed by atoms with E-state index in [1.54, 1.807) is 44.4 Å². The summed E-state index contributed by atoms with van der Waals surface area (Å²) in [6.07, 6.45) is 0. The fourth-order valence-corrected chi connectivity index (χ4v) is 4.43. The number of amides is 2. The van der Waals surface area contributed by atoms with Crippen LogP contribution in [0.25, 0.3) is 0 Å². The first-order chi connectivity index (χ1) is 18.9. The molecule has 2 amide bonds. The minimum Gasteiger partial charge on any atom is -0.495 e. The smallest absolute Gasteiger partial charge is 0.258 e. The highest BCUT2D eigenvalue weighted by molar-refractivity contribution is 7.80. The first-order valence-electron chi connectivity index (χ1n) is 12.2. The molecule has 1 unspecified atom stereocenters. The Morgan fingerprint density at radius 1 is 0.923 bits per heavy atom. The molecule has 0 fully saturated rings. The Balaban J connectivity index is 1.50. The molecule has 1 aliphatic heterocycles. The third-order valence-corrected chi connectivity index (χ3v) is 6.30. The molecule has 4 N–H and O–H groups in total. The number of nitrogens with one attached hydrogen (secondary N) is 4. The maximum absolute atomic E-state index is 13.5. The van der Waals surface area contributed by atoms with E-state index in [4.69, 9.17) is 26.4 Å². The molecule has 9 nitrogen and oxygen atoms in total. The lowest BCUT2D eigenvalue weighted by molar-refractivity contribution is -0.123. The van der Waals surface area contributed by atoms with Crippen molar-refractivity contribution in [3.63, 3.8) is 0 Å². The van der Waals surface area contributed by atoms with E-state index in [9.17, 15) is 9.59 Å². The molecule has 0 bridgehead atoms. The van der Waals surface area contributed by atoms with Crippen molar-refractivity contribution in [2.24, 2.45) is 0 Å². The van der Waals surface area contributed by atoms with Gasteiger partial charge in [-0.1, -0.05) is 48.5 Å². The lowest BCUT2D eigenvalue weighted by Crippen LogP contribution is -2.45. The van der Waals surface area contributed by atoms with Gasteiger partial charge in [0, 0.05) is 12.2 Å². The van der Waals surface area contributed by atoms with Crippen LogP contribution in [0.15, 0.2) is 84.1 Å². The monoisotopic (exact) mass is 546 g/mol. The number of rotatable bonds is 10. The number of hydrogen-bond acceptors (Lipinski definition) is 6. The number of methoxy groups -OCH3 is 2. The molecular formula is C29H30N4O5S. The van der Waals surface area contributed by atoms with Crippen LogP contribution < -0.4 is 35.5 Å². The van der Waals surface area contributed by atoms with E-state index in [0.717, 1.165) is 11.1 Å². The van der Waals surface area contributed by atoms with Gasteiger partial charge < -0.3 is 35.5 Å². The predicted molar refractivity (Wildman–Crippen MR) is 153 cm³/mol. The van der Waals surface area contributed by atoms with Crippen molar-refractivity contribution < 1.29 is 23.8 Å². The molecule has 3 aromatic rings. The Hall–Kier alpha value is -4.57. The normalized spacial score (nSPS) is 14.5. The maximum Gasteiger partial charge on any atom is 0.258 e. The SMILES string of the molecule is COc1ccccc1NC(=O)C1=C(C)NC(=S)NC1c1ccc(OCC(=O)NCc2ccccc2)c(OC)c1. The van der Waals surface area contributed by atoms with Crippen molar-refractivity contribution in [3.8, 4) is 17.2 Å². The van der Waals surface area contributed by atoms with Crippen LogP contribution in [0.4, 0.5) is 5.69 Å². The van der Waals surface area contributed by atoms with Gasteiger partial charge in [0.15, 0.2) is 23.2 Å². The zero-order chi connectivity index (χ0) is 27.8. The van der Waals surface area contributed by atoms with Crippen molar-refractivity contribution in [1.82, 2.24) is 16.0 Å². The lowest BCUT2D eigenvalue weighted by Gasteiger charge is -2.30. The third-order valence-electron chi connectivity index (χ3n) is 6.08. The van der Waals surface area contributed by atoms with Gasteiger partial charge in [-0.25, -0.2) is 0 Å². The van der Waals surface area contributed by atoms with Crippen LogP contribution in [0, 0.1) is 0 Å². The quantitative estimate of drug-likeness (QED) is 0.284. The standard InChI is InChI=1S/C29H30N4O5S/c1-18-26(28(35)32-21-11-7-8-12-22(21)36-2)27(33-29(39)31-18)20-13-14-23(24(15-20)37-3)38-17-25(34)30-16-19-9-5-4-6-10-19/h4-15,27H,16-17H2,1-3H3,(H,30,34)(H,32,35)(H2,31,33,39). The summed E-state index contributed by atoms with van der Waals surface area (Å²) in [5, 5.41) is 12.3. The van der Waals surface area contributed by atoms with Crippen LogP contribution >= 0.6 is 12.2 Å². The van der Waals surface area contributed by atoms with Gasteiger partial charge in [-0.2, -0.15) is 0 Å². The molecule has 0 radical (unpaired) electrons. The van der Waals surface area contributed by atoms with E-state index < -0.39 is 6.04 Å². The molecule has 39 heavy (non-hydrogen) atoms. The molecule has 0 aliphatic carbocycles. The van der Waals surface area contributed by atoms with Crippen LogP contribution in [0.1, 0.15) is 24.1 Å². The summed E-state index contributed by atoms with van der Waals surface area (Å²) >= 11 is 5.38. The third kappa shape index (κ3) is 6.85. The molecule has 1 atom stereocenters. The Bertz CT molecular complexity index is 1390. The minimum atomic E-state index is -0.564. The van der Waals surface area contributed by atoms with Gasteiger partial charge in [-0.05, 0) is 54.5 Å². The Labute approximate surface area is 232 Å². The van der Waals surface area contributed by atoms with E-state index in [1.165, 1.54) is 7.11 Å². The number of carbonyl (C=O) groups is 2. The molecule has 0 spiro atoms. The molecule has 3 aromatic carbocycles. The van der Waals surface area contributed by atoms with Crippen LogP contribution in [-0.4, -0.2) is 37.8 Å². The summed E-state index contributed by atoms with van der Waals surface area (Å²) in [6, 6.07) is 21.5. The van der Waals surface area contributed by atoms with Gasteiger partial charge in [0.05, 0.1) is 31.5 Å². The molecule has 0 saturated heterocycles. The van der Waals surface area contributed by atoms with Crippen LogP contribution in [0.3, 0.4) is 0 Å². The van der Waals surface area contributed by atoms with Crippen LogP contribution in [0.5, 0.6) is 17.2 Å². The second-order valence-corrected chi connectivity index (χ2v) is 9.09. The van der Waals surface area contributed by atoms with Crippen molar-refractivity contribution in [1.29, 1.82) is 0 Å². The van der Waals surface area contributed by atoms with Gasteiger partial charge in [-0.15, -0.1) is 0 Å². The lowest BCUT2D eigenvalue weighted by atomic mass is 9.94. The summed E-state index contributed by atoms with van der Waals surface area (Å²) in [4.78, 5) is 25.8. The van der Waals surface area contributed by atoms with E-state index in [2.05, 4.69) is 21.3 Å². The number of para-hydroxylation sites is 2. The Morgan fingerprint density at radius 3 is 2.38 bits per heavy atom. The predicted octanol–water partition coefficient (Wildman–Crippen LogP) is 3.83. The highest BCUT2D eigenvalue weighted by Gasteiger charge is 2.31. The fourth-order valence-electron chi connectivity index (χ4n) is 4.16. The average molecular weight is 547 g/mol. The molecular weight excluding hydrogens is 516 g/mol. The van der Waals surface area contributed by atoms with Crippen molar-refractivity contribution in [2.75, 3.05) is 26.1 Å². The van der Waals surface area contributed by atoms with E-state index in [1.807, 2.05) is 42.5 Å². The first kappa shape index (κ1) is 27.5. The van der Waals surface area contributed by atoms with E-state index in [0.29, 0.717) is 45.9 Å². The molecule has 0 aromatic heterocycles. The summed E-state index contributed by atoms with van der Waals surface area (Å²) in [6.45, 7) is 2.02. The first-order valence-corrected chi connectivity index (χ1v) is 12.6. The number of hydrogen-bond donors (Lipinski definition) is 4. The van der Waals surface area contributed by atoms with Crippen molar-refractivity contribution in [2.45, 2.75) is 19.5 Å². The van der Waals surface area contributed by atoms with Gasteiger partial charge in [0.2, 0.25) is 0 Å². The fraction of sp³-hybridized carbons (Fsp3) is 0.207. The Kier molecular flexibility index (Phi) is 9.01. The molecule has 4 rings (SSSR count). The number of thiocarbonyl (C=S) groups is 1. The summed E-state index contributed by atoms with van der Waals surface area (Å²) < 4.78 is 16.7. The number of anilines is 1. The van der Waals surface area contributed by atoms with E-state index in [-0.39, 0.29) is 18.4 Å². The van der Waals surface area contributed by atoms with Crippen molar-refractivity contribution in [3.05, 3.63) is 95.2 Å². The maximum atomic E-state index is 13.5. The molecule has 10 heteroatoms. The average Bonchev–Trinajstić information content (AvgIpc) is 2.95. The second-order valence-electron chi connectivity index (χ2n) is 8.69. The number of benzene rings is 3. The number of ether oxygens (including phenoxy) is 3. The van der Waals surface area contributed by atoms with Crippen molar-refractivity contribution >= 4 is 34.8 Å². The highest BCUT2D eigenvalue weighted by Crippen LogP contribution is 2.35. The van der Waals surface area contributed by atoms with E-state index >= 15 is 0 Å².